The maximum absolute atomic E-state index is 12.3. The summed E-state index contributed by atoms with van der Waals surface area (Å²) in [4.78, 5) is 20.7. The normalized spacial score (nSPS) is 21.8. The number of nitrogens with zero attached hydrogens (tertiary/aromatic N) is 2. The first-order chi connectivity index (χ1) is 9.47. The zero-order valence-electron chi connectivity index (χ0n) is 12.3. The topological polar surface area (TPSA) is 80.9 Å². The number of hydrogen-bond donors (Lipinski definition) is 2. The van der Waals surface area contributed by atoms with Gasteiger partial charge in [-0.1, -0.05) is 25.4 Å². The molecule has 5 nitrogen and oxygen atoms in total. The summed E-state index contributed by atoms with van der Waals surface area (Å²) >= 11 is 6.03. The van der Waals surface area contributed by atoms with Crippen molar-refractivity contribution in [2.75, 3.05) is 0 Å². The first-order valence-corrected chi connectivity index (χ1v) is 7.44. The Bertz CT molecular complexity index is 488. The molecule has 1 heterocycles. The standard InChI is InChI=1S/C14H21ClN4O.ClH/c1-8(2)13-17-7-11(15)12(19-13)14(20)18-10-5-3-9(16)4-6-10;/h7-10H,3-6,16H2,1-2H3,(H,18,20);1H. The van der Waals surface area contributed by atoms with E-state index in [2.05, 4.69) is 15.3 Å². The molecule has 118 valence electrons. The largest absolute Gasteiger partial charge is 0.348 e. The van der Waals surface area contributed by atoms with Gasteiger partial charge in [-0.2, -0.15) is 0 Å². The number of rotatable bonds is 3. The number of aromatic nitrogens is 2. The molecule has 2 rings (SSSR count). The lowest BCUT2D eigenvalue weighted by molar-refractivity contribution is 0.0920. The van der Waals surface area contributed by atoms with Gasteiger partial charge in [-0.05, 0) is 25.7 Å². The lowest BCUT2D eigenvalue weighted by atomic mass is 9.92. The van der Waals surface area contributed by atoms with Crippen LogP contribution in [0.1, 0.15) is 61.8 Å². The quantitative estimate of drug-likeness (QED) is 0.891. The summed E-state index contributed by atoms with van der Waals surface area (Å²) in [5.41, 5.74) is 6.13. The van der Waals surface area contributed by atoms with Gasteiger partial charge in [0, 0.05) is 18.0 Å². The van der Waals surface area contributed by atoms with Crippen LogP contribution in [-0.2, 0) is 0 Å². The molecule has 0 unspecified atom stereocenters. The number of carbonyl (C=O) groups is 1. The van der Waals surface area contributed by atoms with E-state index in [4.69, 9.17) is 17.3 Å². The monoisotopic (exact) mass is 332 g/mol. The number of halogens is 2. The molecule has 1 aliphatic rings. The number of nitrogens with two attached hydrogens (primary N) is 1. The molecule has 1 fully saturated rings. The molecule has 0 radical (unpaired) electrons. The van der Waals surface area contributed by atoms with Crippen molar-refractivity contribution in [1.29, 1.82) is 0 Å². The molecule has 0 aromatic carbocycles. The average Bonchev–Trinajstić information content (AvgIpc) is 2.41. The number of hydrogen-bond acceptors (Lipinski definition) is 4. The van der Waals surface area contributed by atoms with Gasteiger partial charge < -0.3 is 11.1 Å². The predicted molar refractivity (Wildman–Crippen MR) is 86.1 cm³/mol. The lowest BCUT2D eigenvalue weighted by Crippen LogP contribution is -2.40. The van der Waals surface area contributed by atoms with Crippen molar-refractivity contribution in [3.8, 4) is 0 Å². The Morgan fingerprint density at radius 3 is 2.57 bits per heavy atom. The van der Waals surface area contributed by atoms with Gasteiger partial charge in [-0.25, -0.2) is 9.97 Å². The smallest absolute Gasteiger partial charge is 0.271 e. The SMILES string of the molecule is CC(C)c1ncc(Cl)c(C(=O)NC2CCC(N)CC2)n1.Cl. The molecule has 0 spiro atoms. The Balaban J connectivity index is 0.00000220. The number of carbonyl (C=O) groups excluding carboxylic acids is 1. The van der Waals surface area contributed by atoms with E-state index in [0.717, 1.165) is 25.7 Å². The Hall–Kier alpha value is -0.910. The molecule has 0 saturated heterocycles. The van der Waals surface area contributed by atoms with Crippen molar-refractivity contribution in [3.05, 3.63) is 22.7 Å². The van der Waals surface area contributed by atoms with Crippen LogP contribution in [0.25, 0.3) is 0 Å². The maximum atomic E-state index is 12.3. The van der Waals surface area contributed by atoms with Crippen LogP contribution in [0.3, 0.4) is 0 Å². The molecular weight excluding hydrogens is 311 g/mol. The van der Waals surface area contributed by atoms with Gasteiger partial charge in [0.2, 0.25) is 0 Å². The minimum absolute atomic E-state index is 0. The van der Waals surface area contributed by atoms with E-state index in [1.54, 1.807) is 0 Å². The number of amides is 1. The summed E-state index contributed by atoms with van der Waals surface area (Å²) in [6.45, 7) is 3.96. The second kappa shape index (κ2) is 7.92. The van der Waals surface area contributed by atoms with Crippen LogP contribution in [0.15, 0.2) is 6.20 Å². The van der Waals surface area contributed by atoms with Crippen molar-refractivity contribution >= 4 is 29.9 Å². The minimum Gasteiger partial charge on any atom is -0.348 e. The van der Waals surface area contributed by atoms with Gasteiger partial charge >= 0.3 is 0 Å². The molecule has 1 saturated carbocycles. The number of nitrogens with one attached hydrogen (secondary N) is 1. The van der Waals surface area contributed by atoms with E-state index in [9.17, 15) is 4.79 Å². The van der Waals surface area contributed by atoms with Crippen LogP contribution in [0.2, 0.25) is 5.02 Å². The van der Waals surface area contributed by atoms with E-state index in [0.29, 0.717) is 10.8 Å². The van der Waals surface area contributed by atoms with Gasteiger partial charge in [0.1, 0.15) is 11.5 Å². The molecule has 1 aromatic rings. The van der Waals surface area contributed by atoms with Crippen LogP contribution in [0.4, 0.5) is 0 Å². The third-order valence-electron chi connectivity index (χ3n) is 3.60. The van der Waals surface area contributed by atoms with Crippen molar-refractivity contribution in [2.45, 2.75) is 57.5 Å². The van der Waals surface area contributed by atoms with Crippen LogP contribution < -0.4 is 11.1 Å². The zero-order chi connectivity index (χ0) is 14.7. The minimum atomic E-state index is -0.222. The fraction of sp³-hybridized carbons (Fsp3) is 0.643. The highest BCUT2D eigenvalue weighted by molar-refractivity contribution is 6.33. The van der Waals surface area contributed by atoms with E-state index >= 15 is 0 Å². The predicted octanol–water partition coefficient (Wildman–Crippen LogP) is 2.67. The summed E-state index contributed by atoms with van der Waals surface area (Å²) in [5, 5.41) is 3.28. The summed E-state index contributed by atoms with van der Waals surface area (Å²) in [6, 6.07) is 0.425. The Morgan fingerprint density at radius 2 is 2.00 bits per heavy atom. The van der Waals surface area contributed by atoms with Crippen molar-refractivity contribution in [2.24, 2.45) is 5.73 Å². The van der Waals surface area contributed by atoms with Crippen LogP contribution in [0, 0.1) is 0 Å². The highest BCUT2D eigenvalue weighted by Crippen LogP contribution is 2.19. The van der Waals surface area contributed by atoms with E-state index < -0.39 is 0 Å². The van der Waals surface area contributed by atoms with Gasteiger partial charge in [-0.3, -0.25) is 4.79 Å². The fourth-order valence-electron chi connectivity index (χ4n) is 2.34. The van der Waals surface area contributed by atoms with E-state index in [-0.39, 0.29) is 42.0 Å². The lowest BCUT2D eigenvalue weighted by Gasteiger charge is -2.26. The van der Waals surface area contributed by atoms with E-state index in [1.807, 2.05) is 13.8 Å². The fourth-order valence-corrected chi connectivity index (χ4v) is 2.51. The summed E-state index contributed by atoms with van der Waals surface area (Å²) < 4.78 is 0. The summed E-state index contributed by atoms with van der Waals surface area (Å²) in [6.07, 6.45) is 5.20. The van der Waals surface area contributed by atoms with Crippen molar-refractivity contribution < 1.29 is 4.79 Å². The molecule has 1 amide bonds. The second-order valence-corrected chi connectivity index (χ2v) is 6.07. The van der Waals surface area contributed by atoms with E-state index in [1.165, 1.54) is 6.20 Å². The van der Waals surface area contributed by atoms with Crippen LogP contribution >= 0.6 is 24.0 Å². The van der Waals surface area contributed by atoms with Crippen LogP contribution in [-0.4, -0.2) is 28.0 Å². The van der Waals surface area contributed by atoms with Gasteiger partial charge in [0.15, 0.2) is 0 Å². The molecule has 0 aliphatic heterocycles. The Labute approximate surface area is 136 Å². The molecule has 0 bridgehead atoms. The Morgan fingerprint density at radius 1 is 1.38 bits per heavy atom. The highest BCUT2D eigenvalue weighted by Gasteiger charge is 2.22. The van der Waals surface area contributed by atoms with Crippen molar-refractivity contribution in [1.82, 2.24) is 15.3 Å². The molecule has 0 atom stereocenters. The summed E-state index contributed by atoms with van der Waals surface area (Å²) in [7, 11) is 0. The Kier molecular flexibility index (Phi) is 6.84. The van der Waals surface area contributed by atoms with Crippen molar-refractivity contribution in [3.63, 3.8) is 0 Å². The zero-order valence-corrected chi connectivity index (χ0v) is 13.9. The van der Waals surface area contributed by atoms with Crippen LogP contribution in [0.5, 0.6) is 0 Å². The van der Waals surface area contributed by atoms with Gasteiger partial charge in [-0.15, -0.1) is 12.4 Å². The molecule has 1 aliphatic carbocycles. The maximum Gasteiger partial charge on any atom is 0.271 e. The van der Waals surface area contributed by atoms with Gasteiger partial charge in [0.05, 0.1) is 11.2 Å². The molecule has 7 heteroatoms. The second-order valence-electron chi connectivity index (χ2n) is 5.66. The third-order valence-corrected chi connectivity index (χ3v) is 3.88. The first kappa shape index (κ1) is 18.1. The highest BCUT2D eigenvalue weighted by atomic mass is 35.5. The summed E-state index contributed by atoms with van der Waals surface area (Å²) in [5.74, 6) is 0.566. The first-order valence-electron chi connectivity index (χ1n) is 7.06. The van der Waals surface area contributed by atoms with Gasteiger partial charge in [0.25, 0.3) is 5.91 Å². The molecular formula is C14H22Cl2N4O. The molecule has 21 heavy (non-hydrogen) atoms. The molecule has 3 N–H and O–H groups in total. The third kappa shape index (κ3) is 4.80. The average molecular weight is 333 g/mol. The molecule has 1 aromatic heterocycles.